The second kappa shape index (κ2) is 4.72. The molecule has 3 heteroatoms. The molecule has 0 saturated carbocycles. The van der Waals surface area contributed by atoms with Crippen LogP contribution in [0.1, 0.15) is 31.1 Å². The van der Waals surface area contributed by atoms with Crippen molar-refractivity contribution in [3.63, 3.8) is 0 Å². The maximum absolute atomic E-state index is 6.03. The monoisotopic (exact) mass is 230 g/mol. The van der Waals surface area contributed by atoms with E-state index in [1.165, 1.54) is 5.56 Å². The number of pyridine rings is 1. The van der Waals surface area contributed by atoms with E-state index in [9.17, 15) is 0 Å². The van der Waals surface area contributed by atoms with E-state index >= 15 is 0 Å². The summed E-state index contributed by atoms with van der Waals surface area (Å²) in [6, 6.07) is 6.19. The molecular formula is C14H18N2O. The first-order valence-electron chi connectivity index (χ1n) is 5.89. The van der Waals surface area contributed by atoms with Gasteiger partial charge in [-0.2, -0.15) is 0 Å². The topological polar surface area (TPSA) is 48.1 Å². The standard InChI is InChI=1S/C14H18N2O/c1-4-17-10(3)14-11-7-9(2)5-6-13(11)16-8-12(14)15/h5-8,10H,4,15H2,1-3H3. The number of fused-ring (bicyclic) bond motifs is 1. The molecule has 0 radical (unpaired) electrons. The Kier molecular flexibility index (Phi) is 3.29. The van der Waals surface area contributed by atoms with Crippen LogP contribution in [0.25, 0.3) is 10.9 Å². The molecule has 2 rings (SSSR count). The van der Waals surface area contributed by atoms with E-state index in [1.807, 2.05) is 19.9 Å². The highest BCUT2D eigenvalue weighted by Crippen LogP contribution is 2.30. The highest BCUT2D eigenvalue weighted by Gasteiger charge is 2.13. The molecule has 0 aliphatic carbocycles. The smallest absolute Gasteiger partial charge is 0.0823 e. The molecule has 3 nitrogen and oxygen atoms in total. The van der Waals surface area contributed by atoms with Crippen molar-refractivity contribution in [3.05, 3.63) is 35.5 Å². The summed E-state index contributed by atoms with van der Waals surface area (Å²) in [4.78, 5) is 4.34. The van der Waals surface area contributed by atoms with E-state index in [-0.39, 0.29) is 6.10 Å². The summed E-state index contributed by atoms with van der Waals surface area (Å²) in [5.74, 6) is 0. The maximum Gasteiger partial charge on any atom is 0.0823 e. The Bertz CT molecular complexity index is 532. The Balaban J connectivity index is 2.65. The number of benzene rings is 1. The van der Waals surface area contributed by atoms with Crippen molar-refractivity contribution in [1.82, 2.24) is 4.98 Å². The van der Waals surface area contributed by atoms with E-state index < -0.39 is 0 Å². The van der Waals surface area contributed by atoms with Crippen LogP contribution < -0.4 is 5.73 Å². The lowest BCUT2D eigenvalue weighted by Gasteiger charge is -2.17. The minimum absolute atomic E-state index is 0.00713. The average Bonchev–Trinajstić information content (AvgIpc) is 2.28. The minimum Gasteiger partial charge on any atom is -0.397 e. The number of aryl methyl sites for hydroxylation is 1. The number of anilines is 1. The van der Waals surface area contributed by atoms with Crippen molar-refractivity contribution < 1.29 is 4.74 Å². The zero-order valence-electron chi connectivity index (χ0n) is 10.5. The van der Waals surface area contributed by atoms with Crippen molar-refractivity contribution in [2.24, 2.45) is 0 Å². The quantitative estimate of drug-likeness (QED) is 0.880. The average molecular weight is 230 g/mol. The van der Waals surface area contributed by atoms with E-state index in [0.717, 1.165) is 16.5 Å². The highest BCUT2D eigenvalue weighted by molar-refractivity contribution is 5.87. The Morgan fingerprint density at radius 2 is 2.18 bits per heavy atom. The number of nitrogen functional groups attached to an aromatic ring is 1. The van der Waals surface area contributed by atoms with Gasteiger partial charge in [0.05, 0.1) is 23.5 Å². The number of ether oxygens (including phenoxy) is 1. The van der Waals surface area contributed by atoms with Crippen LogP contribution in [0.3, 0.4) is 0 Å². The van der Waals surface area contributed by atoms with Gasteiger partial charge in [-0.15, -0.1) is 0 Å². The molecule has 0 aliphatic rings. The summed E-state index contributed by atoms with van der Waals surface area (Å²) in [7, 11) is 0. The summed E-state index contributed by atoms with van der Waals surface area (Å²) < 4.78 is 5.65. The van der Waals surface area contributed by atoms with Crippen LogP contribution in [0, 0.1) is 6.92 Å². The second-order valence-corrected chi connectivity index (χ2v) is 4.25. The first-order valence-corrected chi connectivity index (χ1v) is 5.89. The summed E-state index contributed by atoms with van der Waals surface area (Å²) in [6.07, 6.45) is 1.70. The molecule has 17 heavy (non-hydrogen) atoms. The molecule has 0 saturated heterocycles. The van der Waals surface area contributed by atoms with E-state index in [1.54, 1.807) is 6.20 Å². The fourth-order valence-corrected chi connectivity index (χ4v) is 2.13. The number of nitrogens with two attached hydrogens (primary N) is 1. The van der Waals surface area contributed by atoms with Crippen LogP contribution in [0.2, 0.25) is 0 Å². The molecule has 2 N–H and O–H groups in total. The summed E-state index contributed by atoms with van der Waals surface area (Å²) >= 11 is 0. The zero-order valence-corrected chi connectivity index (χ0v) is 10.5. The van der Waals surface area contributed by atoms with Crippen molar-refractivity contribution in [2.45, 2.75) is 26.9 Å². The predicted molar refractivity (Wildman–Crippen MR) is 70.9 cm³/mol. The van der Waals surface area contributed by atoms with Gasteiger partial charge in [0.15, 0.2) is 0 Å². The van der Waals surface area contributed by atoms with Crippen LogP contribution in [-0.2, 0) is 4.74 Å². The fourth-order valence-electron chi connectivity index (χ4n) is 2.13. The SMILES string of the molecule is CCOC(C)c1c(N)cnc2ccc(C)cc12. The molecule has 1 heterocycles. The molecule has 0 aliphatic heterocycles. The van der Waals surface area contributed by atoms with Gasteiger partial charge in [0.25, 0.3) is 0 Å². The lowest BCUT2D eigenvalue weighted by molar-refractivity contribution is 0.0779. The summed E-state index contributed by atoms with van der Waals surface area (Å²) in [6.45, 7) is 6.76. The van der Waals surface area contributed by atoms with E-state index in [2.05, 4.69) is 24.0 Å². The van der Waals surface area contributed by atoms with Crippen LogP contribution in [0.4, 0.5) is 5.69 Å². The number of hydrogen-bond acceptors (Lipinski definition) is 3. The van der Waals surface area contributed by atoms with Crippen LogP contribution >= 0.6 is 0 Å². The Hall–Kier alpha value is -1.61. The molecule has 1 atom stereocenters. The van der Waals surface area contributed by atoms with Gasteiger partial charge in [0, 0.05) is 17.6 Å². The van der Waals surface area contributed by atoms with Crippen LogP contribution in [-0.4, -0.2) is 11.6 Å². The van der Waals surface area contributed by atoms with Crippen molar-refractivity contribution in [1.29, 1.82) is 0 Å². The number of aromatic nitrogens is 1. The Labute approximate surface area is 102 Å². The van der Waals surface area contributed by atoms with Gasteiger partial charge >= 0.3 is 0 Å². The molecule has 0 bridgehead atoms. The lowest BCUT2D eigenvalue weighted by atomic mass is 10.0. The van der Waals surface area contributed by atoms with Gasteiger partial charge in [-0.1, -0.05) is 11.6 Å². The molecule has 1 aromatic carbocycles. The largest absolute Gasteiger partial charge is 0.397 e. The minimum atomic E-state index is -0.00713. The third-order valence-electron chi connectivity index (χ3n) is 2.92. The third kappa shape index (κ3) is 2.24. The third-order valence-corrected chi connectivity index (χ3v) is 2.92. The first-order chi connectivity index (χ1) is 8.13. The predicted octanol–water partition coefficient (Wildman–Crippen LogP) is 3.22. The number of hydrogen-bond donors (Lipinski definition) is 1. The van der Waals surface area contributed by atoms with Crippen molar-refractivity contribution >= 4 is 16.6 Å². The second-order valence-electron chi connectivity index (χ2n) is 4.25. The molecule has 0 spiro atoms. The maximum atomic E-state index is 6.03. The zero-order chi connectivity index (χ0) is 12.4. The molecule has 90 valence electrons. The van der Waals surface area contributed by atoms with E-state index in [0.29, 0.717) is 12.3 Å². The van der Waals surface area contributed by atoms with Gasteiger partial charge in [-0.05, 0) is 32.9 Å². The molecule has 0 fully saturated rings. The van der Waals surface area contributed by atoms with Crippen LogP contribution in [0.5, 0.6) is 0 Å². The molecule has 1 unspecified atom stereocenters. The molecule has 0 amide bonds. The van der Waals surface area contributed by atoms with E-state index in [4.69, 9.17) is 10.5 Å². The summed E-state index contributed by atoms with van der Waals surface area (Å²) in [5.41, 5.74) is 9.93. The van der Waals surface area contributed by atoms with Crippen LogP contribution in [0.15, 0.2) is 24.4 Å². The van der Waals surface area contributed by atoms with Crippen molar-refractivity contribution in [3.8, 4) is 0 Å². The Morgan fingerprint density at radius 1 is 1.41 bits per heavy atom. The van der Waals surface area contributed by atoms with Gasteiger partial charge < -0.3 is 10.5 Å². The van der Waals surface area contributed by atoms with Crippen molar-refractivity contribution in [2.75, 3.05) is 12.3 Å². The molecular weight excluding hydrogens is 212 g/mol. The molecule has 2 aromatic rings. The first kappa shape index (κ1) is 11.9. The highest BCUT2D eigenvalue weighted by atomic mass is 16.5. The fraction of sp³-hybridized carbons (Fsp3) is 0.357. The normalized spacial score (nSPS) is 12.9. The number of nitrogens with zero attached hydrogens (tertiary/aromatic N) is 1. The summed E-state index contributed by atoms with van der Waals surface area (Å²) in [5, 5.41) is 1.09. The van der Waals surface area contributed by atoms with Gasteiger partial charge in [-0.25, -0.2) is 0 Å². The van der Waals surface area contributed by atoms with Gasteiger partial charge in [0.1, 0.15) is 0 Å². The lowest BCUT2D eigenvalue weighted by Crippen LogP contribution is -2.05. The number of rotatable bonds is 3. The van der Waals surface area contributed by atoms with Gasteiger partial charge in [0.2, 0.25) is 0 Å². The Morgan fingerprint density at radius 3 is 2.88 bits per heavy atom. The molecule has 1 aromatic heterocycles. The van der Waals surface area contributed by atoms with Gasteiger partial charge in [-0.3, -0.25) is 4.98 Å².